The smallest absolute Gasteiger partial charge is 0.416 e. The van der Waals surface area contributed by atoms with Crippen LogP contribution in [0.25, 0.3) is 0 Å². The van der Waals surface area contributed by atoms with Crippen molar-refractivity contribution in [2.24, 2.45) is 5.92 Å². The molecule has 1 fully saturated rings. The lowest BCUT2D eigenvalue weighted by atomic mass is 9.87. The predicted molar refractivity (Wildman–Crippen MR) is 123 cm³/mol. The topological polar surface area (TPSA) is 71.5 Å². The monoisotopic (exact) mass is 483 g/mol. The number of carbonyl (C=O) groups excluding carboxylic acids is 2. The quantitative estimate of drug-likeness (QED) is 0.568. The molecule has 0 spiro atoms. The second-order valence-electron chi connectivity index (χ2n) is 8.35. The fourth-order valence-corrected chi connectivity index (χ4v) is 4.26. The van der Waals surface area contributed by atoms with Crippen molar-refractivity contribution in [3.8, 4) is 5.75 Å². The normalized spacial score (nSPS) is 17.8. The van der Waals surface area contributed by atoms with Crippen LogP contribution in [0.15, 0.2) is 73.1 Å². The van der Waals surface area contributed by atoms with Crippen LogP contribution in [0.3, 0.4) is 0 Å². The van der Waals surface area contributed by atoms with Gasteiger partial charge in [-0.15, -0.1) is 0 Å². The van der Waals surface area contributed by atoms with Gasteiger partial charge in [-0.25, -0.2) is 0 Å². The Labute approximate surface area is 200 Å². The van der Waals surface area contributed by atoms with E-state index in [4.69, 9.17) is 4.74 Å². The van der Waals surface area contributed by atoms with Crippen molar-refractivity contribution in [2.45, 2.75) is 18.6 Å². The largest absolute Gasteiger partial charge is 0.497 e. The Morgan fingerprint density at radius 1 is 1.09 bits per heavy atom. The molecule has 4 rings (SSSR count). The summed E-state index contributed by atoms with van der Waals surface area (Å²) in [5.41, 5.74) is 0.779. The van der Waals surface area contributed by atoms with Gasteiger partial charge in [0.05, 0.1) is 18.6 Å². The molecule has 0 unspecified atom stereocenters. The van der Waals surface area contributed by atoms with E-state index < -0.39 is 23.6 Å². The number of aromatic nitrogens is 1. The Kier molecular flexibility index (Phi) is 7.04. The van der Waals surface area contributed by atoms with Crippen LogP contribution < -0.4 is 10.1 Å². The van der Waals surface area contributed by atoms with Gasteiger partial charge in [0.2, 0.25) is 5.91 Å². The second-order valence-corrected chi connectivity index (χ2v) is 8.35. The highest BCUT2D eigenvalue weighted by Gasteiger charge is 2.41. The standard InChI is InChI=1S/C26H24F3N3O3/c1-35-21-9-7-18(8-10-21)25(34)32-15-22(19-5-2-6-20(12-19)26(27,28)29)23(16-32)24(33)31-14-17-4-3-11-30-13-17/h2-13,22-23H,14-16H2,1H3,(H,31,33)/t22-,23-/m1/s1. The molecule has 3 aromatic rings. The van der Waals surface area contributed by atoms with Crippen molar-refractivity contribution in [1.82, 2.24) is 15.2 Å². The third kappa shape index (κ3) is 5.62. The first-order valence-corrected chi connectivity index (χ1v) is 11.0. The molecule has 1 aromatic heterocycles. The van der Waals surface area contributed by atoms with E-state index in [1.165, 1.54) is 18.1 Å². The van der Waals surface area contributed by atoms with Gasteiger partial charge in [0, 0.05) is 43.5 Å². The number of methoxy groups -OCH3 is 1. The predicted octanol–water partition coefficient (Wildman–Crippen LogP) is 4.28. The number of ether oxygens (including phenoxy) is 1. The van der Waals surface area contributed by atoms with Gasteiger partial charge in [0.1, 0.15) is 5.75 Å². The summed E-state index contributed by atoms with van der Waals surface area (Å²) in [6, 6.07) is 15.1. The Morgan fingerprint density at radius 3 is 2.51 bits per heavy atom. The van der Waals surface area contributed by atoms with E-state index in [9.17, 15) is 22.8 Å². The summed E-state index contributed by atoms with van der Waals surface area (Å²) in [7, 11) is 1.52. The molecule has 2 aromatic carbocycles. The molecule has 2 atom stereocenters. The number of rotatable bonds is 6. The van der Waals surface area contributed by atoms with Crippen LogP contribution in [0.5, 0.6) is 5.75 Å². The number of benzene rings is 2. The average Bonchev–Trinajstić information content (AvgIpc) is 3.33. The number of amides is 2. The molecule has 1 aliphatic heterocycles. The second kappa shape index (κ2) is 10.2. The molecular weight excluding hydrogens is 459 g/mol. The first-order valence-electron chi connectivity index (χ1n) is 11.0. The van der Waals surface area contributed by atoms with Crippen molar-refractivity contribution in [3.63, 3.8) is 0 Å². The lowest BCUT2D eigenvalue weighted by molar-refractivity contribution is -0.137. The summed E-state index contributed by atoms with van der Waals surface area (Å²) in [5.74, 6) is -1.34. The summed E-state index contributed by atoms with van der Waals surface area (Å²) in [4.78, 5) is 31.9. The first kappa shape index (κ1) is 24.3. The fraction of sp³-hybridized carbons (Fsp3) is 0.269. The van der Waals surface area contributed by atoms with Crippen LogP contribution >= 0.6 is 0 Å². The van der Waals surface area contributed by atoms with Crippen LogP contribution in [0.4, 0.5) is 13.2 Å². The summed E-state index contributed by atoms with van der Waals surface area (Å²) in [5, 5.41) is 2.84. The first-order chi connectivity index (χ1) is 16.8. The van der Waals surface area contributed by atoms with E-state index in [-0.39, 0.29) is 31.4 Å². The lowest BCUT2D eigenvalue weighted by Crippen LogP contribution is -2.35. The van der Waals surface area contributed by atoms with Crippen molar-refractivity contribution in [1.29, 1.82) is 0 Å². The van der Waals surface area contributed by atoms with Gasteiger partial charge in [0.25, 0.3) is 5.91 Å². The minimum absolute atomic E-state index is 0.0879. The van der Waals surface area contributed by atoms with Crippen LogP contribution in [-0.4, -0.2) is 41.9 Å². The molecule has 0 bridgehead atoms. The summed E-state index contributed by atoms with van der Waals surface area (Å²) < 4.78 is 45.2. The summed E-state index contributed by atoms with van der Waals surface area (Å²) in [6.07, 6.45) is -1.27. The number of alkyl halides is 3. The molecule has 6 nitrogen and oxygen atoms in total. The van der Waals surface area contributed by atoms with Crippen molar-refractivity contribution >= 4 is 11.8 Å². The van der Waals surface area contributed by atoms with Crippen LogP contribution in [0.2, 0.25) is 0 Å². The maximum Gasteiger partial charge on any atom is 0.416 e. The fourth-order valence-electron chi connectivity index (χ4n) is 4.26. The third-order valence-corrected chi connectivity index (χ3v) is 6.11. The molecular formula is C26H24F3N3O3. The van der Waals surface area contributed by atoms with E-state index in [2.05, 4.69) is 10.3 Å². The molecule has 0 saturated carbocycles. The van der Waals surface area contributed by atoms with Crippen molar-refractivity contribution < 1.29 is 27.5 Å². The minimum atomic E-state index is -4.51. The highest BCUT2D eigenvalue weighted by molar-refractivity contribution is 5.95. The van der Waals surface area contributed by atoms with E-state index in [0.717, 1.165) is 17.7 Å². The zero-order valence-corrected chi connectivity index (χ0v) is 19.0. The number of halogens is 3. The van der Waals surface area contributed by atoms with E-state index >= 15 is 0 Å². The summed E-state index contributed by atoms with van der Waals surface area (Å²) in [6.45, 7) is 0.437. The Morgan fingerprint density at radius 2 is 1.86 bits per heavy atom. The molecule has 35 heavy (non-hydrogen) atoms. The molecule has 1 aliphatic rings. The number of hydrogen-bond donors (Lipinski definition) is 1. The van der Waals surface area contributed by atoms with Crippen LogP contribution in [-0.2, 0) is 17.5 Å². The highest BCUT2D eigenvalue weighted by Crippen LogP contribution is 2.37. The number of likely N-dealkylation sites (tertiary alicyclic amines) is 1. The highest BCUT2D eigenvalue weighted by atomic mass is 19.4. The van der Waals surface area contributed by atoms with Crippen LogP contribution in [0.1, 0.15) is 33.0 Å². The molecule has 1 N–H and O–H groups in total. The summed E-state index contributed by atoms with van der Waals surface area (Å²) >= 11 is 0. The zero-order chi connectivity index (χ0) is 25.0. The molecule has 9 heteroatoms. The van der Waals surface area contributed by atoms with Gasteiger partial charge in [-0.3, -0.25) is 14.6 Å². The third-order valence-electron chi connectivity index (χ3n) is 6.11. The number of nitrogens with zero attached hydrogens (tertiary/aromatic N) is 2. The number of pyridine rings is 1. The maximum absolute atomic E-state index is 13.3. The molecule has 2 amide bonds. The Hall–Kier alpha value is -3.88. The van der Waals surface area contributed by atoms with Gasteiger partial charge in [0.15, 0.2) is 0 Å². The molecule has 2 heterocycles. The van der Waals surface area contributed by atoms with Gasteiger partial charge < -0.3 is 15.0 Å². The van der Waals surface area contributed by atoms with Crippen LogP contribution in [0, 0.1) is 5.92 Å². The molecule has 0 radical (unpaired) electrons. The molecule has 182 valence electrons. The van der Waals surface area contributed by atoms with Gasteiger partial charge >= 0.3 is 6.18 Å². The Bertz CT molecular complexity index is 1180. The number of nitrogens with one attached hydrogen (secondary N) is 1. The van der Waals surface area contributed by atoms with Gasteiger partial charge in [-0.05, 0) is 47.5 Å². The van der Waals surface area contributed by atoms with E-state index in [1.54, 1.807) is 48.8 Å². The SMILES string of the molecule is COc1ccc(C(=O)N2C[C@H](c3cccc(C(F)(F)F)c3)[C@H](C(=O)NCc3cccnc3)C2)cc1. The zero-order valence-electron chi connectivity index (χ0n) is 19.0. The van der Waals surface area contributed by atoms with Gasteiger partial charge in [-0.1, -0.05) is 24.3 Å². The van der Waals surface area contributed by atoms with Crippen molar-refractivity contribution in [2.75, 3.05) is 20.2 Å². The number of carbonyl (C=O) groups is 2. The average molecular weight is 483 g/mol. The Balaban J connectivity index is 1.59. The van der Waals surface area contributed by atoms with E-state index in [1.807, 2.05) is 6.07 Å². The van der Waals surface area contributed by atoms with Crippen molar-refractivity contribution in [3.05, 3.63) is 95.3 Å². The van der Waals surface area contributed by atoms with Gasteiger partial charge in [-0.2, -0.15) is 13.2 Å². The number of hydrogen-bond acceptors (Lipinski definition) is 4. The lowest BCUT2D eigenvalue weighted by Gasteiger charge is -2.19. The van der Waals surface area contributed by atoms with E-state index in [0.29, 0.717) is 16.9 Å². The molecule has 1 saturated heterocycles. The molecule has 0 aliphatic carbocycles. The minimum Gasteiger partial charge on any atom is -0.497 e. The maximum atomic E-state index is 13.3.